The number of rotatable bonds is 2. The van der Waals surface area contributed by atoms with E-state index < -0.39 is 0 Å². The standard InChI is InChI=1S/C10H13N5/c1-2-3-6-4-5-7-8(13-6)9(11)15-10(12)14-7/h4-5H,2-3H2,1H3,(H4,11,12,14,15). The first-order valence-corrected chi connectivity index (χ1v) is 4.89. The summed E-state index contributed by atoms with van der Waals surface area (Å²) in [4.78, 5) is 12.3. The van der Waals surface area contributed by atoms with Gasteiger partial charge in [0.05, 0.1) is 5.52 Å². The minimum Gasteiger partial charge on any atom is -0.382 e. The van der Waals surface area contributed by atoms with Crippen LogP contribution in [0.5, 0.6) is 0 Å². The van der Waals surface area contributed by atoms with E-state index in [-0.39, 0.29) is 5.95 Å². The fourth-order valence-electron chi connectivity index (χ4n) is 1.49. The van der Waals surface area contributed by atoms with Crippen LogP contribution in [0.2, 0.25) is 0 Å². The van der Waals surface area contributed by atoms with Crippen LogP contribution in [0.4, 0.5) is 11.8 Å². The molecule has 0 fully saturated rings. The van der Waals surface area contributed by atoms with Crippen LogP contribution in [0.3, 0.4) is 0 Å². The fourth-order valence-corrected chi connectivity index (χ4v) is 1.49. The van der Waals surface area contributed by atoms with Crippen molar-refractivity contribution in [3.05, 3.63) is 17.8 Å². The molecule has 0 spiro atoms. The lowest BCUT2D eigenvalue weighted by Crippen LogP contribution is -2.02. The van der Waals surface area contributed by atoms with Crippen molar-refractivity contribution in [1.29, 1.82) is 0 Å². The van der Waals surface area contributed by atoms with E-state index in [0.717, 1.165) is 18.5 Å². The van der Waals surface area contributed by atoms with Gasteiger partial charge in [0, 0.05) is 5.69 Å². The lowest BCUT2D eigenvalue weighted by atomic mass is 10.2. The smallest absolute Gasteiger partial charge is 0.222 e. The quantitative estimate of drug-likeness (QED) is 0.763. The molecule has 0 amide bonds. The predicted octanol–water partition coefficient (Wildman–Crippen LogP) is 1.14. The van der Waals surface area contributed by atoms with Crippen molar-refractivity contribution in [3.63, 3.8) is 0 Å². The molecular formula is C10H13N5. The van der Waals surface area contributed by atoms with E-state index in [2.05, 4.69) is 21.9 Å². The lowest BCUT2D eigenvalue weighted by Gasteiger charge is -2.03. The first kappa shape index (κ1) is 9.64. The van der Waals surface area contributed by atoms with E-state index in [1.165, 1.54) is 0 Å². The van der Waals surface area contributed by atoms with Crippen LogP contribution in [0.15, 0.2) is 12.1 Å². The summed E-state index contributed by atoms with van der Waals surface area (Å²) in [5.41, 5.74) is 13.6. The highest BCUT2D eigenvalue weighted by Gasteiger charge is 2.05. The van der Waals surface area contributed by atoms with Crippen LogP contribution in [-0.4, -0.2) is 15.0 Å². The highest BCUT2D eigenvalue weighted by atomic mass is 15.0. The Kier molecular flexibility index (Phi) is 2.37. The zero-order valence-electron chi connectivity index (χ0n) is 8.57. The molecule has 0 unspecified atom stereocenters. The molecule has 0 atom stereocenters. The van der Waals surface area contributed by atoms with Gasteiger partial charge in [-0.1, -0.05) is 13.3 Å². The van der Waals surface area contributed by atoms with Gasteiger partial charge in [-0.25, -0.2) is 9.97 Å². The molecule has 0 bridgehead atoms. The Hall–Kier alpha value is -1.91. The van der Waals surface area contributed by atoms with Gasteiger partial charge < -0.3 is 11.5 Å². The van der Waals surface area contributed by atoms with E-state index in [1.54, 1.807) is 0 Å². The van der Waals surface area contributed by atoms with Gasteiger partial charge in [-0.15, -0.1) is 0 Å². The topological polar surface area (TPSA) is 90.7 Å². The summed E-state index contributed by atoms with van der Waals surface area (Å²) in [6.07, 6.45) is 1.98. The molecule has 2 aromatic heterocycles. The van der Waals surface area contributed by atoms with E-state index >= 15 is 0 Å². The van der Waals surface area contributed by atoms with E-state index in [9.17, 15) is 0 Å². The van der Waals surface area contributed by atoms with E-state index in [4.69, 9.17) is 11.5 Å². The van der Waals surface area contributed by atoms with Crippen molar-refractivity contribution >= 4 is 22.8 Å². The lowest BCUT2D eigenvalue weighted by molar-refractivity contribution is 0.889. The molecule has 5 heteroatoms. The van der Waals surface area contributed by atoms with Crippen LogP contribution in [-0.2, 0) is 6.42 Å². The number of hydrogen-bond donors (Lipinski definition) is 2. The Morgan fingerprint density at radius 1 is 1.13 bits per heavy atom. The highest BCUT2D eigenvalue weighted by molar-refractivity contribution is 5.84. The monoisotopic (exact) mass is 203 g/mol. The number of nitrogens with two attached hydrogens (primary N) is 2. The van der Waals surface area contributed by atoms with Crippen molar-refractivity contribution in [2.45, 2.75) is 19.8 Å². The van der Waals surface area contributed by atoms with Gasteiger partial charge in [-0.3, -0.25) is 0 Å². The molecule has 2 aromatic rings. The van der Waals surface area contributed by atoms with E-state index in [0.29, 0.717) is 16.9 Å². The first-order chi connectivity index (χ1) is 7.20. The summed E-state index contributed by atoms with van der Waals surface area (Å²) in [5, 5.41) is 0. The largest absolute Gasteiger partial charge is 0.382 e. The third kappa shape index (κ3) is 1.81. The summed E-state index contributed by atoms with van der Waals surface area (Å²) in [5.74, 6) is 0.528. The maximum absolute atomic E-state index is 5.73. The summed E-state index contributed by atoms with van der Waals surface area (Å²) in [7, 11) is 0. The average molecular weight is 203 g/mol. The summed E-state index contributed by atoms with van der Waals surface area (Å²) >= 11 is 0. The number of aryl methyl sites for hydroxylation is 1. The molecule has 15 heavy (non-hydrogen) atoms. The second-order valence-electron chi connectivity index (χ2n) is 3.39. The molecule has 0 saturated heterocycles. The molecule has 0 aliphatic heterocycles. The van der Waals surface area contributed by atoms with Gasteiger partial charge in [-0.05, 0) is 18.6 Å². The number of nitrogen functional groups attached to an aromatic ring is 2. The van der Waals surface area contributed by atoms with Crippen molar-refractivity contribution in [3.8, 4) is 0 Å². The molecule has 2 heterocycles. The second kappa shape index (κ2) is 3.68. The van der Waals surface area contributed by atoms with Crippen molar-refractivity contribution in [1.82, 2.24) is 15.0 Å². The van der Waals surface area contributed by atoms with Crippen LogP contribution in [0, 0.1) is 0 Å². The molecule has 2 rings (SSSR count). The van der Waals surface area contributed by atoms with Gasteiger partial charge in [0.25, 0.3) is 0 Å². The zero-order chi connectivity index (χ0) is 10.8. The Bertz CT molecular complexity index is 494. The summed E-state index contributed by atoms with van der Waals surface area (Å²) in [6.45, 7) is 2.11. The molecule has 0 radical (unpaired) electrons. The molecular weight excluding hydrogens is 190 g/mol. The Labute approximate surface area is 87.5 Å². The van der Waals surface area contributed by atoms with Crippen LogP contribution >= 0.6 is 0 Å². The minimum absolute atomic E-state index is 0.185. The number of anilines is 2. The van der Waals surface area contributed by atoms with Gasteiger partial charge in [-0.2, -0.15) is 4.98 Å². The molecule has 5 nitrogen and oxygen atoms in total. The molecule has 0 saturated carbocycles. The normalized spacial score (nSPS) is 10.7. The number of pyridine rings is 1. The van der Waals surface area contributed by atoms with Crippen molar-refractivity contribution in [2.75, 3.05) is 11.5 Å². The number of hydrogen-bond acceptors (Lipinski definition) is 5. The number of fused-ring (bicyclic) bond motifs is 1. The second-order valence-corrected chi connectivity index (χ2v) is 3.39. The Morgan fingerprint density at radius 3 is 2.67 bits per heavy atom. The van der Waals surface area contributed by atoms with Gasteiger partial charge in [0.15, 0.2) is 5.82 Å². The third-order valence-corrected chi connectivity index (χ3v) is 2.15. The number of nitrogens with zero attached hydrogens (tertiary/aromatic N) is 3. The first-order valence-electron chi connectivity index (χ1n) is 4.89. The molecule has 0 aliphatic rings. The molecule has 0 aromatic carbocycles. The zero-order valence-corrected chi connectivity index (χ0v) is 8.57. The molecule has 78 valence electrons. The van der Waals surface area contributed by atoms with Crippen molar-refractivity contribution in [2.24, 2.45) is 0 Å². The third-order valence-electron chi connectivity index (χ3n) is 2.15. The summed E-state index contributed by atoms with van der Waals surface area (Å²) in [6, 6.07) is 3.82. The SMILES string of the molecule is CCCc1ccc2nc(N)nc(N)c2n1. The van der Waals surface area contributed by atoms with Crippen molar-refractivity contribution < 1.29 is 0 Å². The summed E-state index contributed by atoms with van der Waals surface area (Å²) < 4.78 is 0. The highest BCUT2D eigenvalue weighted by Crippen LogP contribution is 2.17. The molecule has 0 aliphatic carbocycles. The minimum atomic E-state index is 0.185. The van der Waals surface area contributed by atoms with Gasteiger partial charge in [0.1, 0.15) is 5.52 Å². The van der Waals surface area contributed by atoms with Crippen LogP contribution in [0.1, 0.15) is 19.0 Å². The van der Waals surface area contributed by atoms with Gasteiger partial charge in [0.2, 0.25) is 5.95 Å². The molecule has 4 N–H and O–H groups in total. The maximum atomic E-state index is 5.73. The van der Waals surface area contributed by atoms with E-state index in [1.807, 2.05) is 12.1 Å². The maximum Gasteiger partial charge on any atom is 0.222 e. The Balaban J connectivity index is 2.60. The number of aromatic nitrogens is 3. The predicted molar refractivity (Wildman–Crippen MR) is 60.2 cm³/mol. The van der Waals surface area contributed by atoms with Gasteiger partial charge >= 0.3 is 0 Å². The van der Waals surface area contributed by atoms with Crippen LogP contribution in [0.25, 0.3) is 11.0 Å². The average Bonchev–Trinajstić information content (AvgIpc) is 2.19. The Morgan fingerprint density at radius 2 is 1.93 bits per heavy atom. The fraction of sp³-hybridized carbons (Fsp3) is 0.300. The van der Waals surface area contributed by atoms with Crippen LogP contribution < -0.4 is 11.5 Å².